The van der Waals surface area contributed by atoms with Crippen LogP contribution in [0.25, 0.3) is 11.3 Å². The van der Waals surface area contributed by atoms with Gasteiger partial charge in [-0.3, -0.25) is 0 Å². The molecule has 0 fully saturated rings. The molecule has 6 nitrogen and oxygen atoms in total. The summed E-state index contributed by atoms with van der Waals surface area (Å²) in [4.78, 5) is 19.2. The lowest BCUT2D eigenvalue weighted by atomic mass is 9.84. The number of benzene rings is 2. The lowest BCUT2D eigenvalue weighted by Gasteiger charge is -2.39. The third-order valence-electron chi connectivity index (χ3n) is 5.34. The van der Waals surface area contributed by atoms with E-state index in [9.17, 15) is 4.79 Å². The summed E-state index contributed by atoms with van der Waals surface area (Å²) in [6.45, 7) is 7.98. The number of primary amides is 1. The zero-order valence-corrected chi connectivity index (χ0v) is 18.7. The quantitative estimate of drug-likeness (QED) is 0.566. The van der Waals surface area contributed by atoms with Gasteiger partial charge in [-0.1, -0.05) is 81.4 Å². The van der Waals surface area contributed by atoms with Crippen LogP contribution in [0.2, 0.25) is 0 Å². The third kappa shape index (κ3) is 5.52. The van der Waals surface area contributed by atoms with Crippen molar-refractivity contribution in [2.24, 2.45) is 16.9 Å². The predicted octanol–water partition coefficient (Wildman–Crippen LogP) is 4.42. The molecular formula is C25H33N5O. The molecule has 0 aliphatic heterocycles. The van der Waals surface area contributed by atoms with Gasteiger partial charge in [0, 0.05) is 24.8 Å². The van der Waals surface area contributed by atoms with Gasteiger partial charge in [0.15, 0.2) is 0 Å². The van der Waals surface area contributed by atoms with Crippen molar-refractivity contribution in [3.8, 4) is 11.3 Å². The van der Waals surface area contributed by atoms with Gasteiger partial charge in [-0.15, -0.1) is 0 Å². The number of hydrogen-bond acceptors (Lipinski definition) is 3. The Kier molecular flexibility index (Phi) is 7.13. The van der Waals surface area contributed by atoms with Crippen LogP contribution in [0.15, 0.2) is 66.9 Å². The molecule has 0 spiro atoms. The van der Waals surface area contributed by atoms with Crippen molar-refractivity contribution in [2.75, 3.05) is 13.1 Å². The van der Waals surface area contributed by atoms with Gasteiger partial charge in [0.2, 0.25) is 0 Å². The van der Waals surface area contributed by atoms with Crippen molar-refractivity contribution in [1.82, 2.24) is 14.5 Å². The molecule has 1 aromatic heterocycles. The van der Waals surface area contributed by atoms with Crippen molar-refractivity contribution in [3.63, 3.8) is 0 Å². The summed E-state index contributed by atoms with van der Waals surface area (Å²) in [5.41, 5.74) is 14.4. The van der Waals surface area contributed by atoms with Crippen molar-refractivity contribution in [1.29, 1.82) is 0 Å². The number of imidazole rings is 1. The highest BCUT2D eigenvalue weighted by Crippen LogP contribution is 2.39. The van der Waals surface area contributed by atoms with Crippen LogP contribution in [0.1, 0.15) is 44.6 Å². The lowest BCUT2D eigenvalue weighted by molar-refractivity contribution is 0.113. The van der Waals surface area contributed by atoms with Crippen LogP contribution in [0.4, 0.5) is 4.79 Å². The monoisotopic (exact) mass is 419 g/mol. The number of amides is 2. The van der Waals surface area contributed by atoms with Crippen LogP contribution < -0.4 is 11.5 Å². The summed E-state index contributed by atoms with van der Waals surface area (Å²) >= 11 is 0. The van der Waals surface area contributed by atoms with Crippen LogP contribution in [-0.4, -0.2) is 33.6 Å². The number of urea groups is 1. The number of hydrogen-bond donors (Lipinski definition) is 2. The van der Waals surface area contributed by atoms with E-state index in [2.05, 4.69) is 43.7 Å². The average Bonchev–Trinajstić information content (AvgIpc) is 3.14. The Morgan fingerprint density at radius 1 is 1.06 bits per heavy atom. The van der Waals surface area contributed by atoms with Gasteiger partial charge in [-0.05, 0) is 23.9 Å². The molecule has 31 heavy (non-hydrogen) atoms. The van der Waals surface area contributed by atoms with Crippen molar-refractivity contribution in [3.05, 3.63) is 78.2 Å². The van der Waals surface area contributed by atoms with Crippen molar-refractivity contribution >= 4 is 6.03 Å². The molecule has 4 N–H and O–H groups in total. The molecular weight excluding hydrogens is 386 g/mol. The second-order valence-electron chi connectivity index (χ2n) is 8.91. The number of nitrogens with two attached hydrogens (primary N) is 2. The van der Waals surface area contributed by atoms with Crippen molar-refractivity contribution < 1.29 is 4.79 Å². The van der Waals surface area contributed by atoms with Gasteiger partial charge in [-0.2, -0.15) is 0 Å². The molecule has 0 saturated heterocycles. The van der Waals surface area contributed by atoms with Crippen LogP contribution >= 0.6 is 0 Å². The van der Waals surface area contributed by atoms with E-state index in [-0.39, 0.29) is 11.5 Å². The second-order valence-corrected chi connectivity index (χ2v) is 8.91. The number of rotatable bonds is 8. The lowest BCUT2D eigenvalue weighted by Crippen LogP contribution is -2.46. The average molecular weight is 420 g/mol. The number of nitrogens with zero attached hydrogens (tertiary/aromatic N) is 3. The highest BCUT2D eigenvalue weighted by atomic mass is 16.2. The zero-order valence-electron chi connectivity index (χ0n) is 18.7. The van der Waals surface area contributed by atoms with Crippen LogP contribution in [-0.2, 0) is 6.54 Å². The van der Waals surface area contributed by atoms with Crippen LogP contribution in [0.3, 0.4) is 0 Å². The fraction of sp³-hybridized carbons (Fsp3) is 0.360. The van der Waals surface area contributed by atoms with E-state index in [0.717, 1.165) is 17.1 Å². The van der Waals surface area contributed by atoms with E-state index in [0.29, 0.717) is 26.1 Å². The van der Waals surface area contributed by atoms with Gasteiger partial charge >= 0.3 is 6.03 Å². The molecule has 3 aromatic rings. The molecule has 1 heterocycles. The van der Waals surface area contributed by atoms with Crippen molar-refractivity contribution in [2.45, 2.75) is 39.8 Å². The minimum absolute atomic E-state index is 0.280. The zero-order chi connectivity index (χ0) is 22.4. The maximum atomic E-state index is 12.5. The maximum absolute atomic E-state index is 12.5. The molecule has 2 aromatic carbocycles. The Hall–Kier alpha value is -3.12. The highest BCUT2D eigenvalue weighted by molar-refractivity contribution is 5.72. The van der Waals surface area contributed by atoms with Gasteiger partial charge in [0.1, 0.15) is 5.82 Å². The first-order chi connectivity index (χ1) is 14.8. The second kappa shape index (κ2) is 9.79. The topological polar surface area (TPSA) is 90.2 Å². The molecule has 0 aliphatic carbocycles. The number of carbonyl (C=O) groups is 1. The standard InChI is InChI=1S/C25H33N5O/c1-25(2,3)22(30(24(27)31)16-10-15-26)23-28-21(20-13-8-5-9-14-20)18-29(23)17-19-11-6-4-7-12-19/h4-9,11-14,18,22H,10,15-17,26H2,1-3H3,(H2,27,31)/t22-/m0/s1. The summed E-state index contributed by atoms with van der Waals surface area (Å²) in [7, 11) is 0. The molecule has 0 unspecified atom stereocenters. The highest BCUT2D eigenvalue weighted by Gasteiger charge is 2.37. The van der Waals surface area contributed by atoms with Crippen LogP contribution in [0, 0.1) is 5.41 Å². The molecule has 0 radical (unpaired) electrons. The fourth-order valence-corrected chi connectivity index (χ4v) is 3.93. The normalized spacial score (nSPS) is 12.5. The van der Waals surface area contributed by atoms with Crippen LogP contribution in [0.5, 0.6) is 0 Å². The molecule has 6 heteroatoms. The van der Waals surface area contributed by atoms with E-state index in [1.807, 2.05) is 48.5 Å². The van der Waals surface area contributed by atoms with Gasteiger partial charge in [0.25, 0.3) is 0 Å². The summed E-state index contributed by atoms with van der Waals surface area (Å²) < 4.78 is 2.14. The molecule has 0 saturated carbocycles. The Morgan fingerprint density at radius 3 is 2.23 bits per heavy atom. The summed E-state index contributed by atoms with van der Waals surface area (Å²) in [6, 6.07) is 19.6. The van der Waals surface area contributed by atoms with E-state index in [1.54, 1.807) is 4.90 Å². The first kappa shape index (κ1) is 22.6. The first-order valence-corrected chi connectivity index (χ1v) is 10.7. The van der Waals surface area contributed by atoms with Gasteiger partial charge in [-0.25, -0.2) is 9.78 Å². The summed E-state index contributed by atoms with van der Waals surface area (Å²) in [5, 5.41) is 0. The largest absolute Gasteiger partial charge is 0.351 e. The molecule has 164 valence electrons. The minimum Gasteiger partial charge on any atom is -0.351 e. The fourth-order valence-electron chi connectivity index (χ4n) is 3.93. The predicted molar refractivity (Wildman–Crippen MR) is 125 cm³/mol. The smallest absolute Gasteiger partial charge is 0.315 e. The summed E-state index contributed by atoms with van der Waals surface area (Å²) in [6.07, 6.45) is 2.75. The Morgan fingerprint density at radius 2 is 1.68 bits per heavy atom. The third-order valence-corrected chi connectivity index (χ3v) is 5.34. The van der Waals surface area contributed by atoms with E-state index < -0.39 is 6.03 Å². The molecule has 0 bridgehead atoms. The molecule has 2 amide bonds. The SMILES string of the molecule is CC(C)(C)[C@H](c1nc(-c2ccccc2)cn1Cc1ccccc1)N(CCCN)C(N)=O. The van der Waals surface area contributed by atoms with Gasteiger partial charge in [0.05, 0.1) is 11.7 Å². The van der Waals surface area contributed by atoms with E-state index >= 15 is 0 Å². The van der Waals surface area contributed by atoms with Gasteiger partial charge < -0.3 is 20.9 Å². The Labute approximate surface area is 184 Å². The maximum Gasteiger partial charge on any atom is 0.315 e. The Bertz CT molecular complexity index is 976. The van der Waals surface area contributed by atoms with E-state index in [4.69, 9.17) is 16.5 Å². The van der Waals surface area contributed by atoms with E-state index in [1.165, 1.54) is 5.56 Å². The molecule has 3 rings (SSSR count). The molecule has 0 aliphatic rings. The summed E-state index contributed by atoms with van der Waals surface area (Å²) in [5.74, 6) is 0.825. The number of aromatic nitrogens is 2. The minimum atomic E-state index is -0.455. The number of carbonyl (C=O) groups excluding carboxylic acids is 1. The Balaban J connectivity index is 2.13. The first-order valence-electron chi connectivity index (χ1n) is 10.7. The molecule has 1 atom stereocenters.